The van der Waals surface area contributed by atoms with Gasteiger partial charge in [-0.3, -0.25) is 4.79 Å². The number of carbonyl (C=O) groups is 2. The summed E-state index contributed by atoms with van der Waals surface area (Å²) in [6, 6.07) is 0. The Bertz CT molecular complexity index is 711. The van der Waals surface area contributed by atoms with Crippen molar-refractivity contribution in [1.29, 1.82) is 0 Å². The van der Waals surface area contributed by atoms with Gasteiger partial charge in [-0.05, 0) is 90.3 Å². The zero-order valence-electron chi connectivity index (χ0n) is 33.3. The highest BCUT2D eigenvalue weighted by Crippen LogP contribution is 2.18. The number of hydrogen-bond acceptors (Lipinski definition) is 6. The first-order chi connectivity index (χ1) is 24.1. The van der Waals surface area contributed by atoms with Crippen LogP contribution in [0.4, 0.5) is 4.79 Å². The molecule has 0 aromatic rings. The highest BCUT2D eigenvalue weighted by Gasteiger charge is 2.14. The molecule has 0 aliphatic rings. The number of carbonyl (C=O) groups excluding carboxylic acids is 2. The van der Waals surface area contributed by atoms with Crippen LogP contribution in [0.2, 0.25) is 0 Å². The van der Waals surface area contributed by atoms with Gasteiger partial charge >= 0.3 is 12.1 Å². The summed E-state index contributed by atoms with van der Waals surface area (Å²) >= 11 is 0. The minimum Gasteiger partial charge on any atom is -0.462 e. The topological polar surface area (TPSA) is 65.1 Å². The molecule has 0 fully saturated rings. The molecule has 0 heterocycles. The Kier molecular flexibility index (Phi) is 38.0. The van der Waals surface area contributed by atoms with Crippen LogP contribution >= 0.6 is 0 Å². The fraction of sp³-hybridized carbons (Fsp3) is 0.907. The van der Waals surface area contributed by atoms with Gasteiger partial charge in [-0.1, -0.05) is 149 Å². The van der Waals surface area contributed by atoms with Crippen LogP contribution in [0.3, 0.4) is 0 Å². The maximum Gasteiger partial charge on any atom is 0.508 e. The van der Waals surface area contributed by atoms with E-state index in [0.717, 1.165) is 77.4 Å². The van der Waals surface area contributed by atoms with Gasteiger partial charge in [0.1, 0.15) is 6.10 Å². The number of nitrogens with zero attached hydrogens (tertiary/aromatic N) is 1. The third-order valence-corrected chi connectivity index (χ3v) is 9.59. The van der Waals surface area contributed by atoms with E-state index < -0.39 is 6.16 Å². The van der Waals surface area contributed by atoms with E-state index in [1.165, 1.54) is 122 Å². The molecule has 0 saturated carbocycles. The van der Waals surface area contributed by atoms with Crippen molar-refractivity contribution in [3.8, 4) is 0 Å². The fourth-order valence-electron chi connectivity index (χ4n) is 6.32. The molecule has 290 valence electrons. The lowest BCUT2D eigenvalue weighted by Crippen LogP contribution is -2.25. The van der Waals surface area contributed by atoms with Gasteiger partial charge in [0, 0.05) is 6.42 Å². The number of rotatable bonds is 38. The summed E-state index contributed by atoms with van der Waals surface area (Å²) in [5.74, 6) is 0.0297. The number of hydrogen-bond donors (Lipinski definition) is 0. The Labute approximate surface area is 305 Å². The van der Waals surface area contributed by atoms with Gasteiger partial charge in [0.05, 0.1) is 13.2 Å². The lowest BCUT2D eigenvalue weighted by atomic mass is 10.0. The van der Waals surface area contributed by atoms with E-state index >= 15 is 0 Å². The number of unbranched alkanes of at least 4 members (excludes halogenated alkanes) is 20. The molecule has 0 atom stereocenters. The zero-order valence-corrected chi connectivity index (χ0v) is 33.3. The Morgan fingerprint density at radius 2 is 0.980 bits per heavy atom. The second kappa shape index (κ2) is 39.2. The number of esters is 1. The molecule has 0 aromatic heterocycles. The van der Waals surface area contributed by atoms with Gasteiger partial charge < -0.3 is 19.1 Å². The van der Waals surface area contributed by atoms with Gasteiger partial charge in [0.15, 0.2) is 0 Å². The third kappa shape index (κ3) is 36.0. The Morgan fingerprint density at radius 1 is 0.510 bits per heavy atom. The Morgan fingerprint density at radius 3 is 1.57 bits per heavy atom. The van der Waals surface area contributed by atoms with Crippen LogP contribution in [0, 0.1) is 0 Å². The summed E-state index contributed by atoms with van der Waals surface area (Å²) in [6.45, 7) is 13.2. The van der Waals surface area contributed by atoms with Crippen LogP contribution in [-0.4, -0.2) is 56.0 Å². The maximum atomic E-state index is 12.7. The van der Waals surface area contributed by atoms with Gasteiger partial charge in [0.25, 0.3) is 0 Å². The summed E-state index contributed by atoms with van der Waals surface area (Å²) in [5, 5.41) is 0. The summed E-state index contributed by atoms with van der Waals surface area (Å²) in [4.78, 5) is 26.9. The van der Waals surface area contributed by atoms with Crippen LogP contribution in [0.1, 0.15) is 214 Å². The SMILES string of the molecule is CCCCC/C=C\CCOC(=O)OCCCCCCN(CC)CCCCCCCC(=O)OC(CCCCCCCC)CCCCCCCC. The second-order valence-electron chi connectivity index (χ2n) is 14.3. The number of ether oxygens (including phenoxy) is 3. The predicted molar refractivity (Wildman–Crippen MR) is 209 cm³/mol. The lowest BCUT2D eigenvalue weighted by molar-refractivity contribution is -0.150. The Hall–Kier alpha value is -1.56. The molecule has 0 aliphatic carbocycles. The minimum atomic E-state index is -0.539. The summed E-state index contributed by atoms with van der Waals surface area (Å²) < 4.78 is 16.4. The highest BCUT2D eigenvalue weighted by molar-refractivity contribution is 5.69. The molecular weight excluding hydrogens is 610 g/mol. The highest BCUT2D eigenvalue weighted by atomic mass is 16.7. The molecular formula is C43H83NO5. The van der Waals surface area contributed by atoms with E-state index in [-0.39, 0.29) is 12.1 Å². The van der Waals surface area contributed by atoms with Crippen LogP contribution < -0.4 is 0 Å². The van der Waals surface area contributed by atoms with Crippen molar-refractivity contribution in [3.05, 3.63) is 12.2 Å². The standard InChI is InChI=1S/C43H83NO5/c1-5-9-12-15-18-25-32-39-47-43(46)48-40-33-26-24-31-38-44(8-4)37-30-23-19-22-29-36-42(45)49-41(34-27-20-16-13-10-6-2)35-28-21-17-14-11-7-3/h18,25,41H,5-17,19-24,26-40H2,1-4H3/b25-18-. The van der Waals surface area contributed by atoms with Crippen molar-refractivity contribution < 1.29 is 23.8 Å². The first-order valence-corrected chi connectivity index (χ1v) is 21.4. The van der Waals surface area contributed by atoms with Crippen molar-refractivity contribution >= 4 is 12.1 Å². The van der Waals surface area contributed by atoms with E-state index in [1.807, 2.05) is 0 Å². The van der Waals surface area contributed by atoms with Gasteiger partial charge in [-0.15, -0.1) is 0 Å². The van der Waals surface area contributed by atoms with Crippen LogP contribution in [0.25, 0.3) is 0 Å². The molecule has 0 spiro atoms. The Balaban J connectivity index is 3.88. The van der Waals surface area contributed by atoms with Gasteiger partial charge in [0.2, 0.25) is 0 Å². The monoisotopic (exact) mass is 694 g/mol. The molecule has 0 bridgehead atoms. The van der Waals surface area contributed by atoms with Crippen molar-refractivity contribution in [3.63, 3.8) is 0 Å². The number of allylic oxidation sites excluding steroid dienone is 1. The molecule has 6 heteroatoms. The lowest BCUT2D eigenvalue weighted by Gasteiger charge is -2.20. The fourth-order valence-corrected chi connectivity index (χ4v) is 6.32. The van der Waals surface area contributed by atoms with E-state index in [4.69, 9.17) is 14.2 Å². The second-order valence-corrected chi connectivity index (χ2v) is 14.3. The average molecular weight is 694 g/mol. The molecule has 0 rings (SSSR count). The summed E-state index contributed by atoms with van der Waals surface area (Å²) in [7, 11) is 0. The quantitative estimate of drug-likeness (QED) is 0.0364. The van der Waals surface area contributed by atoms with E-state index in [1.54, 1.807) is 0 Å². The van der Waals surface area contributed by atoms with Crippen molar-refractivity contribution in [2.75, 3.05) is 32.8 Å². The molecule has 0 amide bonds. The first kappa shape index (κ1) is 47.4. The molecule has 0 radical (unpaired) electrons. The molecule has 0 saturated heterocycles. The van der Waals surface area contributed by atoms with Crippen LogP contribution in [0.5, 0.6) is 0 Å². The third-order valence-electron chi connectivity index (χ3n) is 9.59. The molecule has 0 unspecified atom stereocenters. The van der Waals surface area contributed by atoms with E-state index in [0.29, 0.717) is 19.6 Å². The molecule has 0 aromatic carbocycles. The van der Waals surface area contributed by atoms with E-state index in [2.05, 4.69) is 44.7 Å². The van der Waals surface area contributed by atoms with Crippen molar-refractivity contribution in [2.45, 2.75) is 220 Å². The van der Waals surface area contributed by atoms with E-state index in [9.17, 15) is 9.59 Å². The molecule has 0 aliphatic heterocycles. The van der Waals surface area contributed by atoms with Crippen molar-refractivity contribution in [2.24, 2.45) is 0 Å². The first-order valence-electron chi connectivity index (χ1n) is 21.4. The normalized spacial score (nSPS) is 11.6. The maximum absolute atomic E-state index is 12.7. The van der Waals surface area contributed by atoms with Gasteiger partial charge in [-0.25, -0.2) is 4.79 Å². The van der Waals surface area contributed by atoms with Gasteiger partial charge in [-0.2, -0.15) is 0 Å². The average Bonchev–Trinajstić information content (AvgIpc) is 3.10. The predicted octanol–water partition coefficient (Wildman–Crippen LogP) is 13.3. The summed E-state index contributed by atoms with van der Waals surface area (Å²) in [5.41, 5.74) is 0. The molecule has 49 heavy (non-hydrogen) atoms. The van der Waals surface area contributed by atoms with Crippen LogP contribution in [-0.2, 0) is 19.0 Å². The smallest absolute Gasteiger partial charge is 0.462 e. The molecule has 0 N–H and O–H groups in total. The minimum absolute atomic E-state index is 0.0297. The molecule has 6 nitrogen and oxygen atoms in total. The van der Waals surface area contributed by atoms with Crippen molar-refractivity contribution in [1.82, 2.24) is 4.90 Å². The van der Waals surface area contributed by atoms with Crippen LogP contribution in [0.15, 0.2) is 12.2 Å². The summed E-state index contributed by atoms with van der Waals surface area (Å²) in [6.07, 6.45) is 37.6. The largest absolute Gasteiger partial charge is 0.508 e. The zero-order chi connectivity index (χ0) is 35.9.